The van der Waals surface area contributed by atoms with E-state index in [0.29, 0.717) is 0 Å². The second-order valence-electron chi connectivity index (χ2n) is 2.59. The molecule has 1 rings (SSSR count). The molecule has 0 bridgehead atoms. The SMILES string of the molecule is C=CC.NNN1CCCCC1. The number of hydrazine groups is 2. The molecule has 0 spiro atoms. The minimum atomic E-state index is 1.11. The van der Waals surface area contributed by atoms with Gasteiger partial charge in [0.25, 0.3) is 0 Å². The van der Waals surface area contributed by atoms with Gasteiger partial charge in [0, 0.05) is 13.1 Å². The average molecular weight is 157 g/mol. The van der Waals surface area contributed by atoms with Crippen LogP contribution in [-0.2, 0) is 0 Å². The molecule has 3 N–H and O–H groups in total. The van der Waals surface area contributed by atoms with Crippen LogP contribution in [0.3, 0.4) is 0 Å². The van der Waals surface area contributed by atoms with Gasteiger partial charge in [-0.05, 0) is 19.8 Å². The van der Waals surface area contributed by atoms with Crippen molar-refractivity contribution < 1.29 is 0 Å². The zero-order valence-corrected chi connectivity index (χ0v) is 7.34. The lowest BCUT2D eigenvalue weighted by molar-refractivity contribution is 0.156. The van der Waals surface area contributed by atoms with Gasteiger partial charge in [-0.15, -0.1) is 6.58 Å². The van der Waals surface area contributed by atoms with Gasteiger partial charge in [0.1, 0.15) is 0 Å². The summed E-state index contributed by atoms with van der Waals surface area (Å²) in [4.78, 5) is 0. The third-order valence-corrected chi connectivity index (χ3v) is 1.54. The lowest BCUT2D eigenvalue weighted by Gasteiger charge is -2.24. The molecule has 0 aromatic carbocycles. The topological polar surface area (TPSA) is 41.3 Å². The fourth-order valence-electron chi connectivity index (χ4n) is 1.02. The van der Waals surface area contributed by atoms with Crippen LogP contribution in [-0.4, -0.2) is 18.1 Å². The summed E-state index contributed by atoms with van der Waals surface area (Å²) in [7, 11) is 0. The van der Waals surface area contributed by atoms with E-state index in [1.54, 1.807) is 6.08 Å². The van der Waals surface area contributed by atoms with Crippen molar-refractivity contribution in [1.29, 1.82) is 0 Å². The van der Waals surface area contributed by atoms with Crippen molar-refractivity contribution in [3.05, 3.63) is 12.7 Å². The van der Waals surface area contributed by atoms with Crippen molar-refractivity contribution in [2.24, 2.45) is 5.84 Å². The molecule has 0 saturated carbocycles. The van der Waals surface area contributed by atoms with Crippen molar-refractivity contribution in [2.75, 3.05) is 13.1 Å². The summed E-state index contributed by atoms with van der Waals surface area (Å²) in [5.74, 6) is 5.18. The first-order valence-electron chi connectivity index (χ1n) is 4.13. The Kier molecular flexibility index (Phi) is 7.46. The number of allylic oxidation sites excluding steroid dienone is 1. The highest BCUT2D eigenvalue weighted by Gasteiger charge is 2.05. The minimum Gasteiger partial charge on any atom is -0.258 e. The zero-order valence-electron chi connectivity index (χ0n) is 7.34. The van der Waals surface area contributed by atoms with Crippen LogP contribution in [0.15, 0.2) is 12.7 Å². The highest BCUT2D eigenvalue weighted by atomic mass is 15.6. The predicted molar refractivity (Wildman–Crippen MR) is 48.6 cm³/mol. The molecular weight excluding hydrogens is 138 g/mol. The fourth-order valence-corrected chi connectivity index (χ4v) is 1.02. The molecule has 0 amide bonds. The first-order valence-corrected chi connectivity index (χ1v) is 4.13. The quantitative estimate of drug-likeness (QED) is 0.339. The maximum atomic E-state index is 5.18. The molecule has 0 aromatic heterocycles. The van der Waals surface area contributed by atoms with Crippen molar-refractivity contribution in [3.8, 4) is 0 Å². The maximum Gasteiger partial charge on any atom is 0.0144 e. The number of nitrogens with one attached hydrogen (secondary N) is 1. The number of rotatable bonds is 1. The Labute approximate surface area is 69.2 Å². The molecule has 1 fully saturated rings. The van der Waals surface area contributed by atoms with Crippen LogP contribution >= 0.6 is 0 Å². The summed E-state index contributed by atoms with van der Waals surface area (Å²) in [6.45, 7) is 7.47. The van der Waals surface area contributed by atoms with Gasteiger partial charge in [-0.25, -0.2) is 5.01 Å². The van der Waals surface area contributed by atoms with E-state index in [9.17, 15) is 0 Å². The van der Waals surface area contributed by atoms with Crippen molar-refractivity contribution in [1.82, 2.24) is 10.5 Å². The van der Waals surface area contributed by atoms with Crippen LogP contribution in [0.25, 0.3) is 0 Å². The molecule has 3 heteroatoms. The Bertz CT molecular complexity index is 87.3. The highest BCUT2D eigenvalue weighted by Crippen LogP contribution is 2.04. The molecule has 66 valence electrons. The van der Waals surface area contributed by atoms with Crippen LogP contribution < -0.4 is 11.4 Å². The van der Waals surface area contributed by atoms with Crippen LogP contribution in [0.4, 0.5) is 0 Å². The summed E-state index contributed by atoms with van der Waals surface area (Å²) >= 11 is 0. The van der Waals surface area contributed by atoms with Crippen molar-refractivity contribution in [2.45, 2.75) is 26.2 Å². The molecule has 0 atom stereocenters. The van der Waals surface area contributed by atoms with E-state index in [-0.39, 0.29) is 0 Å². The lowest BCUT2D eigenvalue weighted by Crippen LogP contribution is -2.45. The zero-order chi connectivity index (χ0) is 8.53. The molecule has 1 saturated heterocycles. The number of piperidine rings is 1. The second-order valence-corrected chi connectivity index (χ2v) is 2.59. The number of nitrogens with zero attached hydrogens (tertiary/aromatic N) is 1. The minimum absolute atomic E-state index is 1.11. The maximum absolute atomic E-state index is 5.18. The largest absolute Gasteiger partial charge is 0.258 e. The van der Waals surface area contributed by atoms with Gasteiger partial charge in [0.2, 0.25) is 0 Å². The number of nitrogens with two attached hydrogens (primary N) is 1. The third kappa shape index (κ3) is 6.04. The Morgan fingerprint density at radius 2 is 1.82 bits per heavy atom. The summed E-state index contributed by atoms with van der Waals surface area (Å²) in [6, 6.07) is 0. The average Bonchev–Trinajstić information content (AvgIpc) is 2.08. The molecule has 1 aliphatic rings. The first-order chi connectivity index (χ1) is 5.35. The summed E-state index contributed by atoms with van der Waals surface area (Å²) in [5.41, 5.74) is 2.64. The molecule has 1 aliphatic heterocycles. The van der Waals surface area contributed by atoms with Gasteiger partial charge >= 0.3 is 0 Å². The van der Waals surface area contributed by atoms with E-state index in [1.165, 1.54) is 19.3 Å². The lowest BCUT2D eigenvalue weighted by atomic mass is 10.2. The fraction of sp³-hybridized carbons (Fsp3) is 0.750. The summed E-state index contributed by atoms with van der Waals surface area (Å²) < 4.78 is 0. The van der Waals surface area contributed by atoms with E-state index >= 15 is 0 Å². The molecule has 0 aliphatic carbocycles. The van der Waals surface area contributed by atoms with E-state index in [1.807, 2.05) is 11.9 Å². The van der Waals surface area contributed by atoms with Crippen LogP contribution in [0.2, 0.25) is 0 Å². The smallest absolute Gasteiger partial charge is 0.0144 e. The number of hydrogen-bond acceptors (Lipinski definition) is 3. The van der Waals surface area contributed by atoms with Gasteiger partial charge in [0.05, 0.1) is 0 Å². The third-order valence-electron chi connectivity index (χ3n) is 1.54. The van der Waals surface area contributed by atoms with Gasteiger partial charge in [-0.3, -0.25) is 5.84 Å². The van der Waals surface area contributed by atoms with Gasteiger partial charge < -0.3 is 0 Å². The predicted octanol–water partition coefficient (Wildman–Crippen LogP) is 1.04. The Morgan fingerprint density at radius 3 is 2.09 bits per heavy atom. The van der Waals surface area contributed by atoms with Gasteiger partial charge in [0.15, 0.2) is 0 Å². The standard InChI is InChI=1S/C5H13N3.C3H6/c6-7-8-4-2-1-3-5-8;1-3-2/h7H,1-6H2;3H,1H2,2H3. The molecule has 11 heavy (non-hydrogen) atoms. The van der Waals surface area contributed by atoms with Crippen molar-refractivity contribution >= 4 is 0 Å². The Balaban J connectivity index is 0.000000292. The second kappa shape index (κ2) is 7.72. The Hall–Kier alpha value is -0.380. The normalized spacial score (nSPS) is 18.4. The van der Waals surface area contributed by atoms with Gasteiger partial charge in [-0.1, -0.05) is 12.5 Å². The van der Waals surface area contributed by atoms with Crippen molar-refractivity contribution in [3.63, 3.8) is 0 Å². The van der Waals surface area contributed by atoms with Gasteiger partial charge in [-0.2, -0.15) is 5.53 Å². The molecule has 3 nitrogen and oxygen atoms in total. The summed E-state index contributed by atoms with van der Waals surface area (Å²) in [5, 5.41) is 2.05. The van der Waals surface area contributed by atoms with E-state index in [4.69, 9.17) is 5.84 Å². The molecule has 0 unspecified atom stereocenters. The molecule has 0 aromatic rings. The molecular formula is C8H19N3. The van der Waals surface area contributed by atoms with Crippen LogP contribution in [0.1, 0.15) is 26.2 Å². The molecule has 1 heterocycles. The van der Waals surface area contributed by atoms with E-state index in [0.717, 1.165) is 13.1 Å². The highest BCUT2D eigenvalue weighted by molar-refractivity contribution is 4.57. The Morgan fingerprint density at radius 1 is 1.36 bits per heavy atom. The van der Waals surface area contributed by atoms with E-state index in [2.05, 4.69) is 12.1 Å². The van der Waals surface area contributed by atoms with E-state index < -0.39 is 0 Å². The number of hydrogen-bond donors (Lipinski definition) is 2. The first kappa shape index (κ1) is 10.6. The summed E-state index contributed by atoms with van der Waals surface area (Å²) in [6.07, 6.45) is 5.67. The van der Waals surface area contributed by atoms with Crippen LogP contribution in [0, 0.1) is 0 Å². The molecule has 0 radical (unpaired) electrons. The van der Waals surface area contributed by atoms with Crippen LogP contribution in [0.5, 0.6) is 0 Å². The monoisotopic (exact) mass is 157 g/mol.